The summed E-state index contributed by atoms with van der Waals surface area (Å²) in [5.74, 6) is -0.856. The van der Waals surface area contributed by atoms with Crippen LogP contribution in [0, 0.1) is 11.3 Å². The standard InChI is InChI=1S/C40H42ClN9O6/c41-32-22-29(5-1-24(32)23-42)56-28-6-2-25(3-7-28)43-37(52)33-9-11-35(46-45-33)49-15-13-26(14-16-49)47-17-19-48(20-18-47)27-4-8-30-31(21-27)40(55)50(39(30)54)34-10-12-36(51)44-38(34)53/h1,4-5,8-9,11,21-22,25-26,28,34H,2-3,6-7,10,12-20H2,(H,43,52)(H,44,51,53). The minimum absolute atomic E-state index is 0.0144. The van der Waals surface area contributed by atoms with E-state index in [4.69, 9.17) is 21.6 Å². The van der Waals surface area contributed by atoms with Crippen molar-refractivity contribution in [1.82, 2.24) is 30.6 Å². The lowest BCUT2D eigenvalue weighted by Crippen LogP contribution is -2.54. The molecule has 2 aromatic carbocycles. The number of hydrogen-bond acceptors (Lipinski definition) is 12. The summed E-state index contributed by atoms with van der Waals surface area (Å²) in [6, 6.07) is 15.5. The van der Waals surface area contributed by atoms with Crippen molar-refractivity contribution in [3.63, 3.8) is 0 Å². The van der Waals surface area contributed by atoms with E-state index < -0.39 is 29.7 Å². The zero-order valence-electron chi connectivity index (χ0n) is 30.8. The number of hydrogen-bond donors (Lipinski definition) is 2. The number of aromatic nitrogens is 2. The van der Waals surface area contributed by atoms with E-state index in [2.05, 4.69) is 35.5 Å². The average Bonchev–Trinajstić information content (AvgIpc) is 3.46. The first-order chi connectivity index (χ1) is 27.1. The molecule has 0 spiro atoms. The molecule has 5 heterocycles. The Morgan fingerprint density at radius 2 is 1.57 bits per heavy atom. The molecular formula is C40H42ClN9O6. The molecule has 4 aliphatic heterocycles. The van der Waals surface area contributed by atoms with E-state index in [-0.39, 0.29) is 42.2 Å². The summed E-state index contributed by atoms with van der Waals surface area (Å²) in [5.41, 5.74) is 2.14. The molecule has 15 nitrogen and oxygen atoms in total. The molecule has 0 radical (unpaired) electrons. The van der Waals surface area contributed by atoms with E-state index in [1.165, 1.54) is 0 Å². The first-order valence-electron chi connectivity index (χ1n) is 19.3. The maximum absolute atomic E-state index is 13.3. The number of imide groups is 2. The number of carbonyl (C=O) groups excluding carboxylic acids is 5. The van der Waals surface area contributed by atoms with E-state index in [0.29, 0.717) is 27.9 Å². The highest BCUT2D eigenvalue weighted by Crippen LogP contribution is 2.32. The number of nitrogens with one attached hydrogen (secondary N) is 2. The van der Waals surface area contributed by atoms with Crippen LogP contribution in [0.3, 0.4) is 0 Å². The smallest absolute Gasteiger partial charge is 0.272 e. The summed E-state index contributed by atoms with van der Waals surface area (Å²) in [5, 5.41) is 23.5. The lowest BCUT2D eigenvalue weighted by Gasteiger charge is -2.43. The van der Waals surface area contributed by atoms with Crippen LogP contribution < -0.4 is 25.2 Å². The van der Waals surface area contributed by atoms with Gasteiger partial charge < -0.3 is 19.9 Å². The second-order valence-corrected chi connectivity index (χ2v) is 15.4. The van der Waals surface area contributed by atoms with Crippen LogP contribution in [0.5, 0.6) is 5.75 Å². The van der Waals surface area contributed by atoms with Crippen molar-refractivity contribution in [1.29, 1.82) is 5.26 Å². The molecule has 5 amide bonds. The fourth-order valence-electron chi connectivity index (χ4n) is 8.51. The molecule has 2 N–H and O–H groups in total. The van der Waals surface area contributed by atoms with Gasteiger partial charge in [-0.15, -0.1) is 10.2 Å². The van der Waals surface area contributed by atoms with E-state index >= 15 is 0 Å². The minimum Gasteiger partial charge on any atom is -0.490 e. The van der Waals surface area contributed by atoms with Crippen molar-refractivity contribution in [2.24, 2.45) is 0 Å². The largest absolute Gasteiger partial charge is 0.490 e. The van der Waals surface area contributed by atoms with Gasteiger partial charge >= 0.3 is 0 Å². The first kappa shape index (κ1) is 37.3. The van der Waals surface area contributed by atoms with Gasteiger partial charge in [-0.3, -0.25) is 39.1 Å². The topological polar surface area (TPSA) is 181 Å². The Morgan fingerprint density at radius 3 is 2.25 bits per heavy atom. The second kappa shape index (κ2) is 15.9. The Labute approximate surface area is 328 Å². The molecule has 1 saturated carbocycles. The van der Waals surface area contributed by atoms with Crippen LogP contribution in [0.2, 0.25) is 5.02 Å². The van der Waals surface area contributed by atoms with Crippen LogP contribution in [0.4, 0.5) is 11.5 Å². The van der Waals surface area contributed by atoms with Gasteiger partial charge in [-0.1, -0.05) is 11.6 Å². The molecule has 16 heteroatoms. The van der Waals surface area contributed by atoms with Gasteiger partial charge in [0.15, 0.2) is 11.5 Å². The molecule has 1 atom stereocenters. The van der Waals surface area contributed by atoms with Crippen molar-refractivity contribution in [3.8, 4) is 11.8 Å². The van der Waals surface area contributed by atoms with Gasteiger partial charge in [0.25, 0.3) is 17.7 Å². The van der Waals surface area contributed by atoms with Crippen molar-refractivity contribution in [2.45, 2.75) is 75.6 Å². The number of carbonyl (C=O) groups is 5. The van der Waals surface area contributed by atoms with Gasteiger partial charge in [-0.2, -0.15) is 5.26 Å². The highest BCUT2D eigenvalue weighted by Gasteiger charge is 2.45. The molecule has 4 fully saturated rings. The number of fused-ring (bicyclic) bond motifs is 1. The number of rotatable bonds is 8. The molecule has 8 rings (SSSR count). The predicted octanol–water partition coefficient (Wildman–Crippen LogP) is 3.31. The van der Waals surface area contributed by atoms with Gasteiger partial charge in [-0.25, -0.2) is 0 Å². The number of piperazine rings is 1. The monoisotopic (exact) mass is 779 g/mol. The van der Waals surface area contributed by atoms with E-state index in [0.717, 1.165) is 94.2 Å². The molecule has 1 aliphatic carbocycles. The van der Waals surface area contributed by atoms with E-state index in [1.807, 2.05) is 18.2 Å². The summed E-state index contributed by atoms with van der Waals surface area (Å²) in [7, 11) is 0. The first-order valence-corrected chi connectivity index (χ1v) is 19.6. The molecule has 3 saturated heterocycles. The number of halogens is 1. The normalized spacial score (nSPS) is 23.4. The summed E-state index contributed by atoms with van der Waals surface area (Å²) in [4.78, 5) is 71.4. The minimum atomic E-state index is -0.982. The van der Waals surface area contributed by atoms with Crippen LogP contribution in [0.25, 0.3) is 0 Å². The molecule has 0 bridgehead atoms. The third-order valence-electron chi connectivity index (χ3n) is 11.7. The molecule has 5 aliphatic rings. The van der Waals surface area contributed by atoms with Crippen molar-refractivity contribution < 1.29 is 28.7 Å². The molecule has 1 aromatic heterocycles. The van der Waals surface area contributed by atoms with Crippen LogP contribution >= 0.6 is 11.6 Å². The van der Waals surface area contributed by atoms with Crippen LogP contribution in [0.1, 0.15) is 88.1 Å². The van der Waals surface area contributed by atoms with Gasteiger partial charge in [-0.05, 0) is 87.4 Å². The number of piperidine rings is 2. The predicted molar refractivity (Wildman–Crippen MR) is 204 cm³/mol. The van der Waals surface area contributed by atoms with Gasteiger partial charge in [0.2, 0.25) is 11.8 Å². The SMILES string of the molecule is N#Cc1ccc(OC2CCC(NC(=O)c3ccc(N4CCC(N5CCN(c6ccc7c(c6)C(=O)N(C6CCC(=O)NC6=O)C7=O)CC5)CC4)nn3)CC2)cc1Cl. The molecular weight excluding hydrogens is 738 g/mol. The number of ether oxygens (including phenoxy) is 1. The van der Waals surface area contributed by atoms with Crippen LogP contribution in [-0.2, 0) is 9.59 Å². The Kier molecular flexibility index (Phi) is 10.6. The quantitative estimate of drug-likeness (QED) is 0.319. The van der Waals surface area contributed by atoms with Crippen molar-refractivity contribution in [2.75, 3.05) is 49.1 Å². The summed E-state index contributed by atoms with van der Waals surface area (Å²) >= 11 is 6.14. The molecule has 56 heavy (non-hydrogen) atoms. The number of nitrogens with zero attached hydrogens (tertiary/aromatic N) is 7. The number of anilines is 2. The average molecular weight is 780 g/mol. The van der Waals surface area contributed by atoms with E-state index in [9.17, 15) is 24.0 Å². The molecule has 290 valence electrons. The Bertz CT molecular complexity index is 2080. The second-order valence-electron chi connectivity index (χ2n) is 15.0. The lowest BCUT2D eigenvalue weighted by atomic mass is 9.93. The maximum atomic E-state index is 13.3. The fourth-order valence-corrected chi connectivity index (χ4v) is 8.73. The number of benzene rings is 2. The number of nitriles is 1. The zero-order chi connectivity index (χ0) is 38.9. The van der Waals surface area contributed by atoms with Gasteiger partial charge in [0.05, 0.1) is 27.8 Å². The zero-order valence-corrected chi connectivity index (χ0v) is 31.5. The molecule has 3 aromatic rings. The van der Waals surface area contributed by atoms with E-state index in [1.54, 1.807) is 36.4 Å². The fraction of sp³-hybridized carbons (Fsp3) is 0.450. The Hall–Kier alpha value is -5.59. The third kappa shape index (κ3) is 7.63. The van der Waals surface area contributed by atoms with Crippen molar-refractivity contribution in [3.05, 3.63) is 75.9 Å². The summed E-state index contributed by atoms with van der Waals surface area (Å²) in [6.45, 7) is 4.93. The Morgan fingerprint density at radius 1 is 0.821 bits per heavy atom. The number of amides is 5. The highest BCUT2D eigenvalue weighted by atomic mass is 35.5. The van der Waals surface area contributed by atoms with Crippen LogP contribution in [0.15, 0.2) is 48.5 Å². The summed E-state index contributed by atoms with van der Waals surface area (Å²) in [6.07, 6.45) is 5.30. The maximum Gasteiger partial charge on any atom is 0.272 e. The van der Waals surface area contributed by atoms with Gasteiger partial charge in [0, 0.05) is 69.5 Å². The lowest BCUT2D eigenvalue weighted by molar-refractivity contribution is -0.136. The highest BCUT2D eigenvalue weighted by molar-refractivity contribution is 6.31. The Balaban J connectivity index is 0.772. The third-order valence-corrected chi connectivity index (χ3v) is 12.0. The van der Waals surface area contributed by atoms with Crippen molar-refractivity contribution >= 4 is 52.6 Å². The van der Waals surface area contributed by atoms with Crippen LogP contribution in [-0.4, -0.2) is 113 Å². The van der Waals surface area contributed by atoms with Gasteiger partial charge in [0.1, 0.15) is 17.9 Å². The molecule has 1 unspecified atom stereocenters. The summed E-state index contributed by atoms with van der Waals surface area (Å²) < 4.78 is 6.07.